The number of phenols is 2. The zero-order valence-corrected chi connectivity index (χ0v) is 17.2. The molecule has 0 aromatic heterocycles. The first-order chi connectivity index (χ1) is 14.5. The standard InChI is InChI=1S/C24H28N2O4/c1-2-30-23(29)26-25-19-11-12-24(15-16-3-7-20(27)8-4-16)18(14-19)6-5-17-13-21(28)9-10-22(17)24/h3-4,7-10,13,18,27-28H,2,5-6,11-12,14-15H2,1H3,(H,26,29)/t18-,24+/m1/s1. The largest absolute Gasteiger partial charge is 0.508 e. The van der Waals surface area contributed by atoms with Crippen LogP contribution in [0.4, 0.5) is 4.79 Å². The second-order valence-electron chi connectivity index (χ2n) is 8.29. The van der Waals surface area contributed by atoms with Gasteiger partial charge in [0, 0.05) is 11.1 Å². The first-order valence-electron chi connectivity index (χ1n) is 10.6. The lowest BCUT2D eigenvalue weighted by atomic mass is 9.55. The molecule has 2 aliphatic rings. The van der Waals surface area contributed by atoms with Crippen LogP contribution in [-0.2, 0) is 23.0 Å². The summed E-state index contributed by atoms with van der Waals surface area (Å²) >= 11 is 0. The number of nitrogens with one attached hydrogen (secondary N) is 1. The van der Waals surface area contributed by atoms with E-state index in [1.54, 1.807) is 25.1 Å². The number of hydrazone groups is 1. The zero-order chi connectivity index (χ0) is 21.1. The molecule has 6 heteroatoms. The van der Waals surface area contributed by atoms with E-state index in [2.05, 4.69) is 16.6 Å². The third-order valence-electron chi connectivity index (χ3n) is 6.55. The highest BCUT2D eigenvalue weighted by atomic mass is 16.5. The molecule has 4 rings (SSSR count). The van der Waals surface area contributed by atoms with Crippen molar-refractivity contribution < 1.29 is 19.7 Å². The number of benzene rings is 2. The summed E-state index contributed by atoms with van der Waals surface area (Å²) in [6.07, 6.45) is 4.81. The highest BCUT2D eigenvalue weighted by molar-refractivity contribution is 5.87. The molecule has 6 nitrogen and oxygen atoms in total. The molecule has 0 aliphatic heterocycles. The van der Waals surface area contributed by atoms with Crippen LogP contribution in [0.25, 0.3) is 0 Å². The van der Waals surface area contributed by atoms with Gasteiger partial charge in [-0.3, -0.25) is 0 Å². The molecule has 30 heavy (non-hydrogen) atoms. The van der Waals surface area contributed by atoms with Crippen molar-refractivity contribution in [2.75, 3.05) is 6.61 Å². The Morgan fingerprint density at radius 2 is 1.93 bits per heavy atom. The molecule has 3 N–H and O–H groups in total. The number of hydrogen-bond acceptors (Lipinski definition) is 5. The molecule has 0 saturated heterocycles. The Morgan fingerprint density at radius 1 is 1.17 bits per heavy atom. The van der Waals surface area contributed by atoms with E-state index in [1.807, 2.05) is 18.2 Å². The minimum Gasteiger partial charge on any atom is -0.508 e. The number of hydrogen-bond donors (Lipinski definition) is 3. The third-order valence-corrected chi connectivity index (χ3v) is 6.55. The Kier molecular flexibility index (Phi) is 5.66. The predicted molar refractivity (Wildman–Crippen MR) is 115 cm³/mol. The number of amides is 1. The van der Waals surface area contributed by atoms with Crippen LogP contribution >= 0.6 is 0 Å². The monoisotopic (exact) mass is 408 g/mol. The summed E-state index contributed by atoms with van der Waals surface area (Å²) in [6.45, 7) is 2.08. The minimum absolute atomic E-state index is 0.0544. The molecule has 0 bridgehead atoms. The zero-order valence-electron chi connectivity index (χ0n) is 17.2. The third kappa shape index (κ3) is 3.99. The fourth-order valence-electron chi connectivity index (χ4n) is 5.18. The fraction of sp³-hybridized carbons (Fsp3) is 0.417. The van der Waals surface area contributed by atoms with Crippen molar-refractivity contribution in [1.82, 2.24) is 5.43 Å². The van der Waals surface area contributed by atoms with E-state index in [0.29, 0.717) is 18.3 Å². The van der Waals surface area contributed by atoms with Crippen molar-refractivity contribution in [3.63, 3.8) is 0 Å². The van der Waals surface area contributed by atoms with E-state index >= 15 is 0 Å². The first-order valence-corrected chi connectivity index (χ1v) is 10.6. The Labute approximate surface area is 176 Å². The van der Waals surface area contributed by atoms with Crippen molar-refractivity contribution in [2.24, 2.45) is 11.0 Å². The van der Waals surface area contributed by atoms with Gasteiger partial charge in [0.1, 0.15) is 11.5 Å². The van der Waals surface area contributed by atoms with Gasteiger partial charge in [-0.2, -0.15) is 5.10 Å². The average Bonchev–Trinajstić information content (AvgIpc) is 2.74. The lowest BCUT2D eigenvalue weighted by Crippen LogP contribution is -2.46. The van der Waals surface area contributed by atoms with Gasteiger partial charge in [-0.15, -0.1) is 0 Å². The summed E-state index contributed by atoms with van der Waals surface area (Å²) in [5, 5.41) is 24.0. The van der Waals surface area contributed by atoms with Crippen molar-refractivity contribution in [1.29, 1.82) is 0 Å². The van der Waals surface area contributed by atoms with Gasteiger partial charge < -0.3 is 14.9 Å². The van der Waals surface area contributed by atoms with Crippen molar-refractivity contribution in [3.05, 3.63) is 59.2 Å². The summed E-state index contributed by atoms with van der Waals surface area (Å²) in [4.78, 5) is 11.6. The number of rotatable bonds is 4. The van der Waals surface area contributed by atoms with Crippen LogP contribution in [0.2, 0.25) is 0 Å². The maximum Gasteiger partial charge on any atom is 0.427 e. The van der Waals surface area contributed by atoms with Crippen molar-refractivity contribution in [2.45, 2.75) is 50.9 Å². The van der Waals surface area contributed by atoms with Gasteiger partial charge in [-0.05, 0) is 92.3 Å². The molecular formula is C24H28N2O4. The number of carbonyl (C=O) groups is 1. The van der Waals surface area contributed by atoms with Gasteiger partial charge >= 0.3 is 6.09 Å². The van der Waals surface area contributed by atoms with Crippen LogP contribution in [0.5, 0.6) is 11.5 Å². The summed E-state index contributed by atoms with van der Waals surface area (Å²) in [5.74, 6) is 0.966. The number of nitrogens with zero attached hydrogens (tertiary/aromatic N) is 1. The van der Waals surface area contributed by atoms with E-state index in [-0.39, 0.29) is 11.2 Å². The van der Waals surface area contributed by atoms with Crippen molar-refractivity contribution >= 4 is 11.8 Å². The number of aryl methyl sites for hydroxylation is 1. The highest BCUT2D eigenvalue weighted by Crippen LogP contribution is 2.51. The lowest BCUT2D eigenvalue weighted by molar-refractivity contribution is 0.152. The van der Waals surface area contributed by atoms with Gasteiger partial charge in [0.2, 0.25) is 0 Å². The quantitative estimate of drug-likeness (QED) is 0.653. The molecule has 2 aromatic rings. The van der Waals surface area contributed by atoms with E-state index in [1.165, 1.54) is 16.7 Å². The molecule has 1 amide bonds. The van der Waals surface area contributed by atoms with Crippen LogP contribution in [0.15, 0.2) is 47.6 Å². The summed E-state index contributed by atoms with van der Waals surface area (Å²) in [7, 11) is 0. The Morgan fingerprint density at radius 3 is 2.70 bits per heavy atom. The molecule has 2 atom stereocenters. The molecule has 0 radical (unpaired) electrons. The van der Waals surface area contributed by atoms with Crippen LogP contribution < -0.4 is 5.43 Å². The molecule has 1 fully saturated rings. The first kappa shape index (κ1) is 20.3. The number of fused-ring (bicyclic) bond motifs is 3. The fourth-order valence-corrected chi connectivity index (χ4v) is 5.18. The van der Waals surface area contributed by atoms with E-state index < -0.39 is 6.09 Å². The number of carbonyl (C=O) groups excluding carboxylic acids is 1. The molecule has 2 aromatic carbocycles. The van der Waals surface area contributed by atoms with Gasteiger partial charge in [-0.1, -0.05) is 18.2 Å². The van der Waals surface area contributed by atoms with Gasteiger partial charge in [0.25, 0.3) is 0 Å². The van der Waals surface area contributed by atoms with Crippen molar-refractivity contribution in [3.8, 4) is 11.5 Å². The van der Waals surface area contributed by atoms with Gasteiger partial charge in [0.15, 0.2) is 0 Å². The highest BCUT2D eigenvalue weighted by Gasteiger charge is 2.47. The minimum atomic E-state index is -0.518. The van der Waals surface area contributed by atoms with Crippen LogP contribution in [-0.4, -0.2) is 28.6 Å². The number of ether oxygens (including phenoxy) is 1. The van der Waals surface area contributed by atoms with Crippen LogP contribution in [0, 0.1) is 5.92 Å². The Hall–Kier alpha value is -3.02. The lowest BCUT2D eigenvalue weighted by Gasteiger charge is -2.49. The molecule has 158 valence electrons. The second kappa shape index (κ2) is 8.38. The molecule has 0 unspecified atom stereocenters. The normalized spacial score (nSPS) is 24.0. The van der Waals surface area contributed by atoms with Crippen LogP contribution in [0.3, 0.4) is 0 Å². The average molecular weight is 408 g/mol. The summed E-state index contributed by atoms with van der Waals surface area (Å²) in [5.41, 5.74) is 7.16. The molecule has 2 aliphatic carbocycles. The maximum atomic E-state index is 11.6. The molecular weight excluding hydrogens is 380 g/mol. The Balaban J connectivity index is 1.65. The van der Waals surface area contributed by atoms with E-state index in [4.69, 9.17) is 4.74 Å². The van der Waals surface area contributed by atoms with E-state index in [0.717, 1.165) is 44.2 Å². The summed E-state index contributed by atoms with van der Waals surface area (Å²) < 4.78 is 4.90. The van der Waals surface area contributed by atoms with E-state index in [9.17, 15) is 15.0 Å². The number of aromatic hydroxyl groups is 2. The predicted octanol–water partition coefficient (Wildman–Crippen LogP) is 4.43. The summed E-state index contributed by atoms with van der Waals surface area (Å²) in [6, 6.07) is 13.2. The maximum absolute atomic E-state index is 11.6. The van der Waals surface area contributed by atoms with Gasteiger partial charge in [0.05, 0.1) is 6.61 Å². The van der Waals surface area contributed by atoms with Gasteiger partial charge in [-0.25, -0.2) is 10.2 Å². The number of phenolic OH excluding ortho intramolecular Hbond substituents is 2. The molecule has 0 spiro atoms. The second-order valence-corrected chi connectivity index (χ2v) is 8.29. The topological polar surface area (TPSA) is 91.2 Å². The smallest absolute Gasteiger partial charge is 0.427 e. The SMILES string of the molecule is CCOC(=O)NN=C1CC[C@@]2(Cc3ccc(O)cc3)c3ccc(O)cc3CC[C@@H]2C1. The molecule has 1 saturated carbocycles. The van der Waals surface area contributed by atoms with Crippen LogP contribution in [0.1, 0.15) is 49.3 Å². The Bertz CT molecular complexity index is 954. The molecule has 0 heterocycles.